The van der Waals surface area contributed by atoms with Gasteiger partial charge >= 0.3 is 0 Å². The second-order valence-electron chi connectivity index (χ2n) is 7.38. The van der Waals surface area contributed by atoms with Crippen LogP contribution in [0.4, 0.5) is 0 Å². The van der Waals surface area contributed by atoms with E-state index in [4.69, 9.17) is 24.0 Å². The van der Waals surface area contributed by atoms with Crippen molar-refractivity contribution in [2.45, 2.75) is 71.4 Å². The standard InChI is InChI=1S/C16H28O5/c1-9(2)12-7-8-15(5)19-14-16(12,21-20-15)11(4)10(3)13(17-6)18-14/h9-14H,7-8H2,1-6H3/t10-,11+,12?,13?,14-,15+,16+/m1/s1. The molecule has 2 bridgehead atoms. The van der Waals surface area contributed by atoms with E-state index < -0.39 is 17.7 Å². The second kappa shape index (κ2) is 5.17. The van der Waals surface area contributed by atoms with E-state index in [1.165, 1.54) is 0 Å². The molecule has 2 unspecified atom stereocenters. The lowest BCUT2D eigenvalue weighted by molar-refractivity contribution is -0.573. The van der Waals surface area contributed by atoms with Crippen molar-refractivity contribution in [3.05, 3.63) is 0 Å². The summed E-state index contributed by atoms with van der Waals surface area (Å²) >= 11 is 0. The molecular weight excluding hydrogens is 272 g/mol. The summed E-state index contributed by atoms with van der Waals surface area (Å²) in [7, 11) is 1.68. The Morgan fingerprint density at radius 2 is 1.90 bits per heavy atom. The van der Waals surface area contributed by atoms with Crippen molar-refractivity contribution in [1.29, 1.82) is 0 Å². The second-order valence-corrected chi connectivity index (χ2v) is 7.38. The molecule has 4 aliphatic heterocycles. The van der Waals surface area contributed by atoms with Gasteiger partial charge in [0.2, 0.25) is 5.79 Å². The fourth-order valence-corrected chi connectivity index (χ4v) is 4.30. The van der Waals surface area contributed by atoms with Gasteiger partial charge in [-0.3, -0.25) is 0 Å². The van der Waals surface area contributed by atoms with Crippen molar-refractivity contribution in [3.8, 4) is 0 Å². The maximum Gasteiger partial charge on any atom is 0.201 e. The number of ether oxygens (including phenoxy) is 3. The summed E-state index contributed by atoms with van der Waals surface area (Å²) in [5.41, 5.74) is -0.557. The Labute approximate surface area is 127 Å². The lowest BCUT2D eigenvalue weighted by Crippen LogP contribution is -2.68. The van der Waals surface area contributed by atoms with Crippen LogP contribution in [0.2, 0.25) is 0 Å². The van der Waals surface area contributed by atoms with E-state index in [0.29, 0.717) is 11.8 Å². The SMILES string of the molecule is COC1O[C@@H]2O[C@]3(C)CCC(C(C)C)[C@@]2(OO3)[C@@H](C)[C@H]1C. The van der Waals surface area contributed by atoms with E-state index in [1.807, 2.05) is 6.92 Å². The smallest absolute Gasteiger partial charge is 0.201 e. The third-order valence-corrected chi connectivity index (χ3v) is 5.80. The Hall–Kier alpha value is -0.200. The monoisotopic (exact) mass is 300 g/mol. The minimum Gasteiger partial charge on any atom is -0.355 e. The van der Waals surface area contributed by atoms with Crippen LogP contribution < -0.4 is 0 Å². The molecule has 0 amide bonds. The number of fused-ring (bicyclic) bond motifs is 3. The lowest BCUT2D eigenvalue weighted by atomic mass is 9.65. The number of rotatable bonds is 2. The molecule has 4 fully saturated rings. The molecule has 5 nitrogen and oxygen atoms in total. The van der Waals surface area contributed by atoms with E-state index in [9.17, 15) is 0 Å². The third-order valence-electron chi connectivity index (χ3n) is 5.80. The van der Waals surface area contributed by atoms with E-state index >= 15 is 0 Å². The highest BCUT2D eigenvalue weighted by molar-refractivity contribution is 5.04. The minimum atomic E-state index is -0.726. The molecule has 122 valence electrons. The third kappa shape index (κ3) is 2.17. The summed E-state index contributed by atoms with van der Waals surface area (Å²) in [6.07, 6.45) is 1.12. The Kier molecular flexibility index (Phi) is 3.86. The summed E-state index contributed by atoms with van der Waals surface area (Å²) in [5, 5.41) is 0. The van der Waals surface area contributed by atoms with Crippen molar-refractivity contribution < 1.29 is 24.0 Å². The van der Waals surface area contributed by atoms with Crippen LogP contribution in [0, 0.1) is 23.7 Å². The summed E-state index contributed by atoms with van der Waals surface area (Å²) in [4.78, 5) is 11.7. The van der Waals surface area contributed by atoms with Crippen LogP contribution in [0.5, 0.6) is 0 Å². The predicted molar refractivity (Wildman–Crippen MR) is 76.0 cm³/mol. The molecule has 0 aliphatic carbocycles. The summed E-state index contributed by atoms with van der Waals surface area (Å²) in [6.45, 7) is 10.7. The highest BCUT2D eigenvalue weighted by Gasteiger charge is 2.66. The van der Waals surface area contributed by atoms with Gasteiger partial charge in [-0.25, -0.2) is 9.78 Å². The molecule has 4 rings (SSSR count). The van der Waals surface area contributed by atoms with E-state index in [0.717, 1.165) is 12.8 Å². The number of hydrogen-bond donors (Lipinski definition) is 0. The average Bonchev–Trinajstić information content (AvgIpc) is 2.66. The van der Waals surface area contributed by atoms with Gasteiger partial charge in [0.05, 0.1) is 0 Å². The fraction of sp³-hybridized carbons (Fsp3) is 1.00. The van der Waals surface area contributed by atoms with Crippen LogP contribution in [-0.4, -0.2) is 31.1 Å². The maximum atomic E-state index is 6.17. The van der Waals surface area contributed by atoms with Crippen LogP contribution in [-0.2, 0) is 24.0 Å². The van der Waals surface area contributed by atoms with Crippen molar-refractivity contribution in [1.82, 2.24) is 0 Å². The molecule has 0 radical (unpaired) electrons. The van der Waals surface area contributed by atoms with Crippen LogP contribution in [0.15, 0.2) is 0 Å². The molecule has 5 heteroatoms. The van der Waals surface area contributed by atoms with Crippen LogP contribution in [0.3, 0.4) is 0 Å². The normalized spacial score (nSPS) is 53.6. The average molecular weight is 300 g/mol. The van der Waals surface area contributed by atoms with Gasteiger partial charge in [-0.15, -0.1) is 0 Å². The molecule has 0 aromatic rings. The van der Waals surface area contributed by atoms with Gasteiger partial charge < -0.3 is 14.2 Å². The van der Waals surface area contributed by atoms with Gasteiger partial charge in [0.15, 0.2) is 18.2 Å². The van der Waals surface area contributed by atoms with Crippen molar-refractivity contribution in [2.75, 3.05) is 7.11 Å². The lowest BCUT2D eigenvalue weighted by Gasteiger charge is -2.56. The van der Waals surface area contributed by atoms with Crippen molar-refractivity contribution >= 4 is 0 Å². The fourth-order valence-electron chi connectivity index (χ4n) is 4.30. The number of methoxy groups -OCH3 is 1. The first-order valence-electron chi connectivity index (χ1n) is 8.07. The molecule has 1 spiro atoms. The molecule has 0 aromatic heterocycles. The Morgan fingerprint density at radius 3 is 2.52 bits per heavy atom. The van der Waals surface area contributed by atoms with Gasteiger partial charge in [0.25, 0.3) is 0 Å². The van der Waals surface area contributed by atoms with E-state index in [1.54, 1.807) is 7.11 Å². The van der Waals surface area contributed by atoms with Crippen LogP contribution in [0.1, 0.15) is 47.5 Å². The zero-order chi connectivity index (χ0) is 15.4. The summed E-state index contributed by atoms with van der Waals surface area (Å²) < 4.78 is 17.8. The largest absolute Gasteiger partial charge is 0.355 e. The van der Waals surface area contributed by atoms with Crippen molar-refractivity contribution in [3.63, 3.8) is 0 Å². The highest BCUT2D eigenvalue weighted by atomic mass is 17.3. The molecule has 4 aliphatic rings. The summed E-state index contributed by atoms with van der Waals surface area (Å²) in [5.74, 6) is 0.508. The molecular formula is C16H28O5. The van der Waals surface area contributed by atoms with Gasteiger partial charge in [0, 0.05) is 25.4 Å². The zero-order valence-corrected chi connectivity index (χ0v) is 13.9. The summed E-state index contributed by atoms with van der Waals surface area (Å²) in [6, 6.07) is 0. The van der Waals surface area contributed by atoms with Gasteiger partial charge in [-0.2, -0.15) is 0 Å². The first-order valence-corrected chi connectivity index (χ1v) is 8.07. The molecule has 0 saturated carbocycles. The van der Waals surface area contributed by atoms with Gasteiger partial charge in [0.1, 0.15) is 0 Å². The topological polar surface area (TPSA) is 46.2 Å². The molecule has 21 heavy (non-hydrogen) atoms. The number of hydrogen-bond acceptors (Lipinski definition) is 5. The van der Waals surface area contributed by atoms with E-state index in [2.05, 4.69) is 27.7 Å². The minimum absolute atomic E-state index is 0.210. The van der Waals surface area contributed by atoms with Crippen LogP contribution >= 0.6 is 0 Å². The predicted octanol–water partition coefficient (Wildman–Crippen LogP) is 3.09. The Balaban J connectivity index is 2.03. The first-order chi connectivity index (χ1) is 9.84. The highest BCUT2D eigenvalue weighted by Crippen LogP contribution is 2.56. The Morgan fingerprint density at radius 1 is 1.19 bits per heavy atom. The molecule has 7 atom stereocenters. The molecule has 0 N–H and O–H groups in total. The first kappa shape index (κ1) is 15.7. The zero-order valence-electron chi connectivity index (χ0n) is 13.9. The Bertz CT molecular complexity index is 400. The maximum absolute atomic E-state index is 6.17. The van der Waals surface area contributed by atoms with Gasteiger partial charge in [-0.05, 0) is 25.2 Å². The molecule has 4 heterocycles. The van der Waals surface area contributed by atoms with Crippen LogP contribution in [0.25, 0.3) is 0 Å². The molecule has 4 saturated heterocycles. The van der Waals surface area contributed by atoms with E-state index in [-0.39, 0.29) is 18.1 Å². The molecule has 0 aromatic carbocycles. The van der Waals surface area contributed by atoms with Crippen molar-refractivity contribution in [2.24, 2.45) is 23.7 Å². The van der Waals surface area contributed by atoms with Gasteiger partial charge in [-0.1, -0.05) is 27.7 Å². The quantitative estimate of drug-likeness (QED) is 0.733.